The molecule has 0 N–H and O–H groups in total. The van der Waals surface area contributed by atoms with Gasteiger partial charge in [0.25, 0.3) is 0 Å². The molecule has 3 aromatic carbocycles. The number of carbonyl (C=O) groups is 2. The Balaban J connectivity index is 1.38. The molecule has 5 aromatic rings. The van der Waals surface area contributed by atoms with Crippen molar-refractivity contribution in [2.24, 2.45) is 0 Å². The van der Waals surface area contributed by atoms with Gasteiger partial charge >= 0.3 is 0 Å². The highest BCUT2D eigenvalue weighted by Crippen LogP contribution is 2.36. The summed E-state index contributed by atoms with van der Waals surface area (Å²) in [5, 5.41) is 4.02. The van der Waals surface area contributed by atoms with E-state index in [0.29, 0.717) is 21.2 Å². The molecule has 0 fully saturated rings. The van der Waals surface area contributed by atoms with Crippen LogP contribution in [-0.4, -0.2) is 21.5 Å². The van der Waals surface area contributed by atoms with Crippen molar-refractivity contribution in [2.75, 3.05) is 0 Å². The van der Waals surface area contributed by atoms with Gasteiger partial charge in [-0.15, -0.1) is 0 Å². The molecule has 0 saturated carbocycles. The maximum Gasteiger partial charge on any atom is 0.197 e. The fraction of sp³-hybridized carbons (Fsp3) is 0. The number of ketones is 2. The van der Waals surface area contributed by atoms with Crippen LogP contribution in [0.15, 0.2) is 66.2 Å². The topological polar surface area (TPSA) is 59.9 Å². The molecule has 0 spiro atoms. The van der Waals surface area contributed by atoms with Crippen molar-refractivity contribution in [3.05, 3.63) is 87.4 Å². The van der Waals surface area contributed by atoms with Crippen LogP contribution in [0.25, 0.3) is 37.1 Å². The van der Waals surface area contributed by atoms with E-state index in [2.05, 4.69) is 9.97 Å². The largest absolute Gasteiger partial charge is 0.288 e. The van der Waals surface area contributed by atoms with Gasteiger partial charge in [0.15, 0.2) is 21.2 Å². The zero-order valence-electron chi connectivity index (χ0n) is 15.8. The monoisotopic (exact) mass is 458 g/mol. The molecule has 2 heterocycles. The van der Waals surface area contributed by atoms with Gasteiger partial charge in [-0.05, 0) is 41.1 Å². The van der Waals surface area contributed by atoms with Crippen LogP contribution in [-0.2, 0) is 0 Å². The second-order valence-corrected chi connectivity index (χ2v) is 9.57. The summed E-state index contributed by atoms with van der Waals surface area (Å²) in [4.78, 5) is 36.7. The minimum absolute atomic E-state index is 0.157. The maximum absolute atomic E-state index is 12.9. The van der Waals surface area contributed by atoms with Crippen LogP contribution in [0.4, 0.5) is 0 Å². The molecule has 2 aromatic heterocycles. The number of carbonyl (C=O) groups excluding carboxylic acids is 2. The summed E-state index contributed by atoms with van der Waals surface area (Å²) < 4.78 is 0. The number of fused-ring (bicyclic) bond motifs is 3. The highest BCUT2D eigenvalue weighted by atomic mass is 35.5. The van der Waals surface area contributed by atoms with Crippen LogP contribution in [0, 0.1) is 0 Å². The van der Waals surface area contributed by atoms with Crippen LogP contribution in [0.3, 0.4) is 0 Å². The number of rotatable bonds is 2. The van der Waals surface area contributed by atoms with Crippen molar-refractivity contribution < 1.29 is 9.59 Å². The lowest BCUT2D eigenvalue weighted by Crippen LogP contribution is -1.99. The molecule has 0 atom stereocenters. The van der Waals surface area contributed by atoms with Gasteiger partial charge in [0.2, 0.25) is 0 Å². The highest BCUT2D eigenvalue weighted by Gasteiger charge is 2.33. The number of benzene rings is 3. The van der Waals surface area contributed by atoms with Crippen molar-refractivity contribution in [3.8, 4) is 10.6 Å². The Morgan fingerprint density at radius 3 is 2.00 bits per heavy atom. The first-order valence-corrected chi connectivity index (χ1v) is 11.4. The smallest absolute Gasteiger partial charge is 0.197 e. The first-order chi connectivity index (χ1) is 15.1. The minimum Gasteiger partial charge on any atom is -0.288 e. The van der Waals surface area contributed by atoms with Gasteiger partial charge in [0.1, 0.15) is 10.0 Å². The first-order valence-electron chi connectivity index (χ1n) is 9.44. The third-order valence-corrected chi connectivity index (χ3v) is 7.49. The SMILES string of the molecule is O=C1C(=Cc2nc3sc(-c4ccc(Cl)cc4)nc3s2)C(=O)c2cc3ccccc3cc21. The summed E-state index contributed by atoms with van der Waals surface area (Å²) >= 11 is 8.80. The van der Waals surface area contributed by atoms with Crippen LogP contribution in [0.2, 0.25) is 5.02 Å². The summed E-state index contributed by atoms with van der Waals surface area (Å²) in [5.74, 6) is -0.502. The average molecular weight is 459 g/mol. The van der Waals surface area contributed by atoms with E-state index in [1.165, 1.54) is 22.7 Å². The Morgan fingerprint density at radius 2 is 1.39 bits per heavy atom. The number of aromatic nitrogens is 2. The summed E-state index contributed by atoms with van der Waals surface area (Å²) in [5.41, 5.74) is 2.04. The second-order valence-electron chi connectivity index (χ2n) is 7.15. The van der Waals surface area contributed by atoms with E-state index in [9.17, 15) is 9.59 Å². The Hall–Kier alpha value is -3.19. The highest BCUT2D eigenvalue weighted by molar-refractivity contribution is 7.28. The Morgan fingerprint density at radius 1 is 0.774 bits per heavy atom. The Bertz CT molecular complexity index is 1490. The second kappa shape index (κ2) is 6.92. The summed E-state index contributed by atoms with van der Waals surface area (Å²) in [7, 11) is 0. The number of thiazole rings is 2. The third kappa shape index (κ3) is 3.03. The zero-order valence-corrected chi connectivity index (χ0v) is 18.1. The molecule has 31 heavy (non-hydrogen) atoms. The van der Waals surface area contributed by atoms with Crippen molar-refractivity contribution in [1.82, 2.24) is 9.97 Å². The Labute approximate surface area is 189 Å². The molecule has 0 amide bonds. The van der Waals surface area contributed by atoms with Crippen molar-refractivity contribution in [3.63, 3.8) is 0 Å². The van der Waals surface area contributed by atoms with Gasteiger partial charge < -0.3 is 0 Å². The van der Waals surface area contributed by atoms with Crippen LogP contribution >= 0.6 is 34.3 Å². The molecule has 7 heteroatoms. The molecule has 0 unspecified atom stereocenters. The zero-order chi connectivity index (χ0) is 21.1. The Kier molecular flexibility index (Phi) is 4.14. The van der Waals surface area contributed by atoms with Crippen molar-refractivity contribution in [2.45, 2.75) is 0 Å². The quantitative estimate of drug-likeness (QED) is 0.218. The summed E-state index contributed by atoms with van der Waals surface area (Å²) in [6.45, 7) is 0. The lowest BCUT2D eigenvalue weighted by molar-refractivity contribution is 0.0990. The predicted octanol–water partition coefficient (Wildman–Crippen LogP) is 6.69. The average Bonchev–Trinajstić information content (AvgIpc) is 3.40. The molecular weight excluding hydrogens is 448 g/mol. The normalized spacial score (nSPS) is 13.4. The number of nitrogens with zero attached hydrogens (tertiary/aromatic N) is 2. The maximum atomic E-state index is 12.9. The standard InChI is InChI=1S/C24H11ClN2O2S2/c25-15-7-5-12(6-8-15)22-27-24-23(31-22)26-19(30-24)11-18-20(28)16-9-13-3-1-2-4-14(13)10-17(16)21(18)29/h1-11H. The van der Waals surface area contributed by atoms with Crippen LogP contribution < -0.4 is 0 Å². The molecule has 0 bridgehead atoms. The van der Waals surface area contributed by atoms with Gasteiger partial charge in [0, 0.05) is 21.7 Å². The number of allylic oxidation sites excluding steroid dienone is 1. The molecular formula is C24H11ClN2O2S2. The molecule has 4 nitrogen and oxygen atoms in total. The van der Waals surface area contributed by atoms with Crippen LogP contribution in [0.1, 0.15) is 25.7 Å². The molecule has 1 aliphatic rings. The molecule has 148 valence electrons. The van der Waals surface area contributed by atoms with Gasteiger partial charge in [-0.2, -0.15) is 0 Å². The van der Waals surface area contributed by atoms with E-state index < -0.39 is 0 Å². The van der Waals surface area contributed by atoms with Gasteiger partial charge in [-0.1, -0.05) is 70.7 Å². The summed E-state index contributed by atoms with van der Waals surface area (Å²) in [6.07, 6.45) is 1.59. The van der Waals surface area contributed by atoms with E-state index in [4.69, 9.17) is 11.6 Å². The molecule has 0 saturated heterocycles. The lowest BCUT2D eigenvalue weighted by Gasteiger charge is -2.00. The fourth-order valence-electron chi connectivity index (χ4n) is 3.70. The first kappa shape index (κ1) is 18.6. The summed E-state index contributed by atoms with van der Waals surface area (Å²) in [6, 6.07) is 18.8. The van der Waals surface area contributed by atoms with E-state index in [1.807, 2.05) is 48.5 Å². The molecule has 0 radical (unpaired) electrons. The van der Waals surface area contributed by atoms with E-state index in [0.717, 1.165) is 31.0 Å². The van der Waals surface area contributed by atoms with Crippen molar-refractivity contribution >= 4 is 72.4 Å². The minimum atomic E-state index is -0.251. The number of Topliss-reactive ketones (excluding diaryl/α,β-unsaturated/α-hetero) is 2. The van der Waals surface area contributed by atoms with Gasteiger partial charge in [-0.3, -0.25) is 9.59 Å². The third-order valence-electron chi connectivity index (χ3n) is 5.22. The van der Waals surface area contributed by atoms with Gasteiger partial charge in [-0.25, -0.2) is 9.97 Å². The van der Waals surface area contributed by atoms with Gasteiger partial charge in [0.05, 0.1) is 5.57 Å². The number of hydrogen-bond acceptors (Lipinski definition) is 6. The van der Waals surface area contributed by atoms with Crippen molar-refractivity contribution in [1.29, 1.82) is 0 Å². The number of hydrogen-bond donors (Lipinski definition) is 0. The molecule has 0 aliphatic heterocycles. The fourth-order valence-corrected chi connectivity index (χ4v) is 5.82. The predicted molar refractivity (Wildman–Crippen MR) is 126 cm³/mol. The van der Waals surface area contributed by atoms with Crippen LogP contribution in [0.5, 0.6) is 0 Å². The molecule has 1 aliphatic carbocycles. The van der Waals surface area contributed by atoms with E-state index in [-0.39, 0.29) is 17.1 Å². The van der Waals surface area contributed by atoms with E-state index in [1.54, 1.807) is 18.2 Å². The lowest BCUT2D eigenvalue weighted by atomic mass is 10.0. The number of halogens is 1. The van der Waals surface area contributed by atoms with E-state index >= 15 is 0 Å². The molecule has 6 rings (SSSR count).